The number of hydrogen-bond donors (Lipinski definition) is 0. The van der Waals surface area contributed by atoms with E-state index >= 15 is 0 Å². The second kappa shape index (κ2) is 8.45. The number of amides is 1. The molecule has 162 valence electrons. The van der Waals surface area contributed by atoms with Crippen molar-refractivity contribution in [1.82, 2.24) is 19.5 Å². The summed E-state index contributed by atoms with van der Waals surface area (Å²) < 4.78 is 7.25. The Kier molecular flexibility index (Phi) is 5.36. The maximum atomic E-state index is 13.3. The summed E-state index contributed by atoms with van der Waals surface area (Å²) in [6.07, 6.45) is 3.91. The van der Waals surface area contributed by atoms with E-state index in [9.17, 15) is 4.79 Å². The van der Waals surface area contributed by atoms with Crippen molar-refractivity contribution in [2.24, 2.45) is 5.92 Å². The number of methoxy groups -OCH3 is 1. The van der Waals surface area contributed by atoms with E-state index in [2.05, 4.69) is 32.1 Å². The first-order chi connectivity index (χ1) is 15.2. The molecule has 5 rings (SSSR count). The first-order valence-electron chi connectivity index (χ1n) is 11.0. The second-order valence-electron chi connectivity index (χ2n) is 8.22. The predicted molar refractivity (Wildman–Crippen MR) is 120 cm³/mol. The third-order valence-corrected chi connectivity index (χ3v) is 6.38. The molecule has 2 aromatic heterocycles. The maximum Gasteiger partial charge on any atom is 0.231 e. The van der Waals surface area contributed by atoms with E-state index < -0.39 is 0 Å². The van der Waals surface area contributed by atoms with Crippen LogP contribution in [0.15, 0.2) is 48.7 Å². The summed E-state index contributed by atoms with van der Waals surface area (Å²) in [6.45, 7) is 4.83. The third kappa shape index (κ3) is 3.89. The lowest BCUT2D eigenvalue weighted by molar-refractivity contribution is -0.136. The zero-order valence-corrected chi connectivity index (χ0v) is 17.9. The first kappa shape index (κ1) is 19.7. The molecule has 0 aliphatic carbocycles. The molecule has 31 heavy (non-hydrogen) atoms. The Hall–Kier alpha value is -3.29. The van der Waals surface area contributed by atoms with Crippen molar-refractivity contribution in [2.45, 2.75) is 12.8 Å². The van der Waals surface area contributed by atoms with Crippen LogP contribution < -0.4 is 14.5 Å². The minimum absolute atomic E-state index is 0.0114. The Morgan fingerprint density at radius 3 is 2.55 bits per heavy atom. The summed E-state index contributed by atoms with van der Waals surface area (Å²) >= 11 is 0. The Labute approximate surface area is 182 Å². The molecule has 8 nitrogen and oxygen atoms in total. The largest absolute Gasteiger partial charge is 0.497 e. The molecule has 2 aliphatic heterocycles. The van der Waals surface area contributed by atoms with Crippen LogP contribution in [0.1, 0.15) is 12.8 Å². The lowest BCUT2D eigenvalue weighted by Gasteiger charge is -2.39. The predicted octanol–water partition coefficient (Wildman–Crippen LogP) is 2.30. The summed E-state index contributed by atoms with van der Waals surface area (Å²) in [5.74, 6) is 1.97. The summed E-state index contributed by atoms with van der Waals surface area (Å²) in [5.41, 5.74) is 2.01. The van der Waals surface area contributed by atoms with E-state index in [4.69, 9.17) is 4.74 Å². The number of carbonyl (C=O) groups excluding carboxylic acids is 1. The van der Waals surface area contributed by atoms with Crippen molar-refractivity contribution in [1.29, 1.82) is 0 Å². The van der Waals surface area contributed by atoms with Gasteiger partial charge < -0.3 is 19.4 Å². The Morgan fingerprint density at radius 2 is 1.77 bits per heavy atom. The number of fused-ring (bicyclic) bond motifs is 1. The minimum atomic E-state index is 0.0114. The van der Waals surface area contributed by atoms with Gasteiger partial charge in [0.1, 0.15) is 5.75 Å². The van der Waals surface area contributed by atoms with Gasteiger partial charge in [0.15, 0.2) is 5.65 Å². The van der Waals surface area contributed by atoms with Crippen molar-refractivity contribution < 1.29 is 9.53 Å². The molecule has 0 radical (unpaired) electrons. The van der Waals surface area contributed by atoms with Crippen LogP contribution in [0.3, 0.4) is 0 Å². The van der Waals surface area contributed by atoms with Crippen molar-refractivity contribution >= 4 is 23.2 Å². The number of aromatic nitrogens is 3. The molecule has 2 fully saturated rings. The van der Waals surface area contributed by atoms with Gasteiger partial charge in [-0.05, 0) is 49.2 Å². The number of ether oxygens (including phenoxy) is 1. The fraction of sp³-hybridized carbons (Fsp3) is 0.435. The maximum absolute atomic E-state index is 13.3. The van der Waals surface area contributed by atoms with Crippen LogP contribution in [0.5, 0.6) is 5.75 Å². The number of nitrogens with zero attached hydrogens (tertiary/aromatic N) is 6. The van der Waals surface area contributed by atoms with Gasteiger partial charge in [-0.1, -0.05) is 6.07 Å². The van der Waals surface area contributed by atoms with Crippen LogP contribution in [-0.4, -0.2) is 71.8 Å². The van der Waals surface area contributed by atoms with Gasteiger partial charge in [-0.15, -0.1) is 10.2 Å². The standard InChI is InChI=1S/C23H28N6O2/c1-31-20-9-7-19(8-10-20)26-13-15-27(16-14-26)22(30)18-5-4-11-28(17-18)23-25-24-21-6-2-3-12-29(21)23/h2-3,6-10,12,18H,4-5,11,13-17H2,1H3/t18-/m1/s1. The zero-order valence-electron chi connectivity index (χ0n) is 17.9. The molecule has 2 aliphatic rings. The Morgan fingerprint density at radius 1 is 0.968 bits per heavy atom. The highest BCUT2D eigenvalue weighted by Gasteiger charge is 2.32. The van der Waals surface area contributed by atoms with Crippen LogP contribution in [0.4, 0.5) is 11.6 Å². The molecular weight excluding hydrogens is 392 g/mol. The summed E-state index contributed by atoms with van der Waals surface area (Å²) in [6, 6.07) is 14.0. The number of pyridine rings is 1. The highest BCUT2D eigenvalue weighted by Crippen LogP contribution is 2.25. The molecular formula is C23H28N6O2. The second-order valence-corrected chi connectivity index (χ2v) is 8.22. The number of anilines is 2. The Bertz CT molecular complexity index is 1040. The van der Waals surface area contributed by atoms with Gasteiger partial charge in [0.25, 0.3) is 0 Å². The molecule has 0 bridgehead atoms. The number of benzene rings is 1. The average molecular weight is 421 g/mol. The van der Waals surface area contributed by atoms with E-state index in [0.29, 0.717) is 6.54 Å². The zero-order chi connectivity index (χ0) is 21.2. The van der Waals surface area contributed by atoms with E-state index in [-0.39, 0.29) is 11.8 Å². The molecule has 2 saturated heterocycles. The van der Waals surface area contributed by atoms with E-state index in [0.717, 1.165) is 62.9 Å². The van der Waals surface area contributed by atoms with Gasteiger partial charge in [-0.2, -0.15) is 0 Å². The van der Waals surface area contributed by atoms with Gasteiger partial charge in [0.2, 0.25) is 11.9 Å². The van der Waals surface area contributed by atoms with Gasteiger partial charge in [0, 0.05) is 51.2 Å². The molecule has 0 unspecified atom stereocenters. The molecule has 0 saturated carbocycles. The van der Waals surface area contributed by atoms with E-state index in [1.807, 2.05) is 45.8 Å². The lowest BCUT2D eigenvalue weighted by atomic mass is 9.96. The van der Waals surface area contributed by atoms with Gasteiger partial charge in [-0.25, -0.2) is 0 Å². The van der Waals surface area contributed by atoms with E-state index in [1.165, 1.54) is 5.69 Å². The van der Waals surface area contributed by atoms with Gasteiger partial charge in [-0.3, -0.25) is 9.20 Å². The normalized spacial score (nSPS) is 19.6. The van der Waals surface area contributed by atoms with Crippen molar-refractivity contribution in [3.63, 3.8) is 0 Å². The fourth-order valence-corrected chi connectivity index (χ4v) is 4.64. The minimum Gasteiger partial charge on any atom is -0.497 e. The molecule has 4 heterocycles. The van der Waals surface area contributed by atoms with Crippen LogP contribution in [0.2, 0.25) is 0 Å². The van der Waals surface area contributed by atoms with Crippen LogP contribution in [0.25, 0.3) is 5.65 Å². The van der Waals surface area contributed by atoms with E-state index in [1.54, 1.807) is 7.11 Å². The fourth-order valence-electron chi connectivity index (χ4n) is 4.64. The van der Waals surface area contributed by atoms with Crippen LogP contribution in [-0.2, 0) is 4.79 Å². The molecule has 1 aromatic carbocycles. The lowest BCUT2D eigenvalue weighted by Crippen LogP contribution is -2.52. The third-order valence-electron chi connectivity index (χ3n) is 6.38. The molecule has 3 aromatic rings. The topological polar surface area (TPSA) is 66.2 Å². The number of rotatable bonds is 4. The van der Waals surface area contributed by atoms with Gasteiger partial charge >= 0.3 is 0 Å². The number of piperazine rings is 1. The molecule has 0 N–H and O–H groups in total. The quantitative estimate of drug-likeness (QED) is 0.645. The number of piperidine rings is 1. The first-order valence-corrected chi connectivity index (χ1v) is 11.0. The monoisotopic (exact) mass is 420 g/mol. The SMILES string of the molecule is COc1ccc(N2CCN(C(=O)[C@@H]3CCCN(c4nnc5ccccn45)C3)CC2)cc1. The van der Waals surface area contributed by atoms with Crippen LogP contribution >= 0.6 is 0 Å². The molecule has 8 heteroatoms. The van der Waals surface area contributed by atoms with Crippen molar-refractivity contribution in [2.75, 3.05) is 56.2 Å². The Balaban J connectivity index is 1.21. The number of carbonyl (C=O) groups is 1. The smallest absolute Gasteiger partial charge is 0.231 e. The molecule has 1 amide bonds. The van der Waals surface area contributed by atoms with Crippen molar-refractivity contribution in [3.05, 3.63) is 48.7 Å². The summed E-state index contributed by atoms with van der Waals surface area (Å²) in [7, 11) is 1.68. The van der Waals surface area contributed by atoms with Gasteiger partial charge in [0.05, 0.1) is 13.0 Å². The highest BCUT2D eigenvalue weighted by atomic mass is 16.5. The summed E-state index contributed by atoms with van der Waals surface area (Å²) in [4.78, 5) is 19.9. The molecule has 0 spiro atoms. The van der Waals surface area contributed by atoms with Crippen molar-refractivity contribution in [3.8, 4) is 5.75 Å². The summed E-state index contributed by atoms with van der Waals surface area (Å²) in [5, 5.41) is 8.64. The average Bonchev–Trinajstić information content (AvgIpc) is 3.28. The number of hydrogen-bond acceptors (Lipinski definition) is 6. The highest BCUT2D eigenvalue weighted by molar-refractivity contribution is 5.80. The van der Waals surface area contributed by atoms with Crippen LogP contribution in [0, 0.1) is 5.92 Å². The molecule has 1 atom stereocenters.